The number of fused-ring (bicyclic) bond motifs is 2. The third-order valence-electron chi connectivity index (χ3n) is 6.87. The van der Waals surface area contributed by atoms with Crippen molar-refractivity contribution in [2.75, 3.05) is 25.5 Å². The Kier molecular flexibility index (Phi) is 5.56. The summed E-state index contributed by atoms with van der Waals surface area (Å²) in [6.07, 6.45) is 4.55. The molecule has 1 saturated heterocycles. The predicted octanol–water partition coefficient (Wildman–Crippen LogP) is 5.86. The molecule has 1 aliphatic carbocycles. The van der Waals surface area contributed by atoms with Gasteiger partial charge in [-0.1, -0.05) is 48.5 Å². The Bertz CT molecular complexity index is 1130. The van der Waals surface area contributed by atoms with Gasteiger partial charge in [0, 0.05) is 24.5 Å². The van der Waals surface area contributed by atoms with Crippen LogP contribution in [0.4, 0.5) is 5.69 Å². The summed E-state index contributed by atoms with van der Waals surface area (Å²) in [6.45, 7) is 3.38. The molecule has 0 unspecified atom stereocenters. The van der Waals surface area contributed by atoms with E-state index in [0.717, 1.165) is 71.8 Å². The number of rotatable bonds is 6. The summed E-state index contributed by atoms with van der Waals surface area (Å²) in [7, 11) is 1.93. The normalized spacial score (nSPS) is 15.6. The van der Waals surface area contributed by atoms with Gasteiger partial charge in [-0.3, -0.25) is 4.90 Å². The van der Waals surface area contributed by atoms with Gasteiger partial charge < -0.3 is 15.4 Å². The van der Waals surface area contributed by atoms with Crippen LogP contribution in [0.5, 0.6) is 5.75 Å². The zero-order valence-electron chi connectivity index (χ0n) is 18.2. The van der Waals surface area contributed by atoms with Crippen LogP contribution in [0.25, 0.3) is 22.2 Å². The van der Waals surface area contributed by atoms with E-state index < -0.39 is 0 Å². The SMILES string of the molecule is CNc1c2c(O)c(CCC3CCN(Cc4ccccc4)CC3)cc-2[nH]c2ccccc12. The molecule has 0 bridgehead atoms. The first-order valence-corrected chi connectivity index (χ1v) is 11.4. The highest BCUT2D eigenvalue weighted by molar-refractivity contribution is 6.03. The molecule has 0 radical (unpaired) electrons. The van der Waals surface area contributed by atoms with E-state index in [1.807, 2.05) is 19.2 Å². The number of likely N-dealkylation sites (tertiary alicyclic amines) is 1. The Labute approximate surface area is 184 Å². The van der Waals surface area contributed by atoms with Gasteiger partial charge in [-0.2, -0.15) is 0 Å². The number of piperidine rings is 1. The fourth-order valence-electron chi connectivity index (χ4n) is 5.13. The highest BCUT2D eigenvalue weighted by atomic mass is 16.3. The fourth-order valence-corrected chi connectivity index (χ4v) is 5.13. The number of nitrogens with one attached hydrogen (secondary N) is 2. The first-order chi connectivity index (χ1) is 15.2. The standard InChI is InChI=1S/C27H31N3O/c1-28-26-22-9-5-6-10-23(22)29-24-17-21(27(31)25(24)26)12-11-19-13-15-30(16-14-19)18-20-7-3-2-4-8-20/h2-10,17,19,28-29,31H,11-16,18H2,1H3. The minimum Gasteiger partial charge on any atom is -0.507 e. The van der Waals surface area contributed by atoms with E-state index in [0.29, 0.717) is 5.75 Å². The number of nitrogens with zero attached hydrogens (tertiary/aromatic N) is 1. The Morgan fingerprint density at radius 1 is 1.03 bits per heavy atom. The molecule has 2 aromatic rings. The van der Waals surface area contributed by atoms with Gasteiger partial charge in [0.1, 0.15) is 5.75 Å². The van der Waals surface area contributed by atoms with Crippen molar-refractivity contribution in [1.82, 2.24) is 9.88 Å². The van der Waals surface area contributed by atoms with Crippen molar-refractivity contribution in [1.29, 1.82) is 0 Å². The molecule has 0 aromatic heterocycles. The van der Waals surface area contributed by atoms with Crippen LogP contribution in [0.1, 0.15) is 30.4 Å². The first kappa shape index (κ1) is 20.0. The molecule has 4 nitrogen and oxygen atoms in total. The number of anilines is 1. The topological polar surface area (TPSA) is 51.3 Å². The molecule has 5 rings (SSSR count). The molecule has 1 fully saturated rings. The third kappa shape index (κ3) is 4.00. The number of H-pyrrole nitrogens is 1. The van der Waals surface area contributed by atoms with E-state index in [-0.39, 0.29) is 0 Å². The number of aromatic nitrogens is 1. The van der Waals surface area contributed by atoms with Crippen LogP contribution in [0.15, 0.2) is 60.7 Å². The summed E-state index contributed by atoms with van der Waals surface area (Å²) in [5.41, 5.74) is 6.47. The van der Waals surface area contributed by atoms with Gasteiger partial charge >= 0.3 is 0 Å². The van der Waals surface area contributed by atoms with Gasteiger partial charge in [0.2, 0.25) is 0 Å². The summed E-state index contributed by atoms with van der Waals surface area (Å²) >= 11 is 0. The van der Waals surface area contributed by atoms with E-state index in [4.69, 9.17) is 0 Å². The molecule has 160 valence electrons. The predicted molar refractivity (Wildman–Crippen MR) is 129 cm³/mol. The van der Waals surface area contributed by atoms with E-state index in [2.05, 4.69) is 63.7 Å². The molecule has 0 spiro atoms. The summed E-state index contributed by atoms with van der Waals surface area (Å²) < 4.78 is 0. The van der Waals surface area contributed by atoms with Crippen LogP contribution in [-0.2, 0) is 13.0 Å². The number of hydrogen-bond acceptors (Lipinski definition) is 3. The summed E-state index contributed by atoms with van der Waals surface area (Å²) in [6, 6.07) is 21.2. The second kappa shape index (κ2) is 8.64. The number of aryl methyl sites for hydroxylation is 1. The van der Waals surface area contributed by atoms with Crippen molar-refractivity contribution >= 4 is 16.6 Å². The van der Waals surface area contributed by atoms with Crippen molar-refractivity contribution in [3.05, 3.63) is 71.8 Å². The van der Waals surface area contributed by atoms with Gasteiger partial charge in [0.15, 0.2) is 0 Å². The van der Waals surface area contributed by atoms with Crippen LogP contribution in [0, 0.1) is 5.92 Å². The average molecular weight is 414 g/mol. The van der Waals surface area contributed by atoms with Crippen LogP contribution < -0.4 is 5.32 Å². The summed E-state index contributed by atoms with van der Waals surface area (Å²) in [4.78, 5) is 6.07. The molecule has 0 amide bonds. The lowest BCUT2D eigenvalue weighted by atomic mass is 9.90. The Morgan fingerprint density at radius 3 is 2.55 bits per heavy atom. The van der Waals surface area contributed by atoms with E-state index in [9.17, 15) is 5.11 Å². The maximum absolute atomic E-state index is 11.0. The maximum atomic E-state index is 11.0. The molecular weight excluding hydrogens is 382 g/mol. The van der Waals surface area contributed by atoms with Gasteiger partial charge in [-0.15, -0.1) is 0 Å². The van der Waals surface area contributed by atoms with Crippen LogP contribution in [0.2, 0.25) is 0 Å². The van der Waals surface area contributed by atoms with Gasteiger partial charge in [-0.05, 0) is 68.0 Å². The molecule has 0 saturated carbocycles. The maximum Gasteiger partial charge on any atom is 0.130 e. The lowest BCUT2D eigenvalue weighted by Gasteiger charge is -2.32. The lowest BCUT2D eigenvalue weighted by Crippen LogP contribution is -2.33. The number of aromatic amines is 1. The monoisotopic (exact) mass is 413 g/mol. The third-order valence-corrected chi connectivity index (χ3v) is 6.87. The number of para-hydroxylation sites is 1. The molecule has 4 heteroatoms. The number of aromatic hydroxyl groups is 1. The van der Waals surface area contributed by atoms with Gasteiger partial charge in [0.05, 0.1) is 16.9 Å². The first-order valence-electron chi connectivity index (χ1n) is 11.4. The second-order valence-corrected chi connectivity index (χ2v) is 8.85. The molecule has 2 heterocycles. The molecule has 2 aliphatic heterocycles. The second-order valence-electron chi connectivity index (χ2n) is 8.85. The minimum atomic E-state index is 0.433. The molecule has 2 aromatic carbocycles. The smallest absolute Gasteiger partial charge is 0.130 e. The number of benzene rings is 2. The van der Waals surface area contributed by atoms with Crippen molar-refractivity contribution < 1.29 is 5.11 Å². The Hall–Kier alpha value is -2.98. The molecular formula is C27H31N3O. The van der Waals surface area contributed by atoms with Gasteiger partial charge in [0.25, 0.3) is 0 Å². The quantitative estimate of drug-likeness (QED) is 0.371. The Balaban J connectivity index is 1.26. The van der Waals surface area contributed by atoms with Crippen molar-refractivity contribution in [3.8, 4) is 17.0 Å². The fraction of sp³-hybridized carbons (Fsp3) is 0.333. The van der Waals surface area contributed by atoms with E-state index in [1.54, 1.807) is 0 Å². The van der Waals surface area contributed by atoms with Crippen LogP contribution >= 0.6 is 0 Å². The van der Waals surface area contributed by atoms with Gasteiger partial charge in [-0.25, -0.2) is 0 Å². The van der Waals surface area contributed by atoms with Crippen molar-refractivity contribution in [2.45, 2.75) is 32.2 Å². The zero-order chi connectivity index (χ0) is 21.2. The summed E-state index contributed by atoms with van der Waals surface area (Å²) in [5, 5.41) is 15.4. The average Bonchev–Trinajstić information content (AvgIpc) is 3.13. The van der Waals surface area contributed by atoms with Crippen molar-refractivity contribution in [2.24, 2.45) is 5.92 Å². The highest BCUT2D eigenvalue weighted by Gasteiger charge is 2.24. The lowest BCUT2D eigenvalue weighted by molar-refractivity contribution is 0.172. The highest BCUT2D eigenvalue weighted by Crippen LogP contribution is 2.45. The molecule has 3 N–H and O–H groups in total. The molecule has 0 atom stereocenters. The number of hydrogen-bond donors (Lipinski definition) is 3. The van der Waals surface area contributed by atoms with E-state index in [1.165, 1.54) is 18.4 Å². The summed E-state index contributed by atoms with van der Waals surface area (Å²) in [5.74, 6) is 1.17. The van der Waals surface area contributed by atoms with E-state index >= 15 is 0 Å². The largest absolute Gasteiger partial charge is 0.507 e. The molecule has 31 heavy (non-hydrogen) atoms. The Morgan fingerprint density at radius 2 is 1.77 bits per heavy atom. The van der Waals surface area contributed by atoms with Crippen LogP contribution in [-0.4, -0.2) is 35.1 Å². The van der Waals surface area contributed by atoms with Crippen LogP contribution in [0.3, 0.4) is 0 Å². The van der Waals surface area contributed by atoms with Crippen molar-refractivity contribution in [3.63, 3.8) is 0 Å². The minimum absolute atomic E-state index is 0.433. The zero-order valence-corrected chi connectivity index (χ0v) is 18.2. The molecule has 3 aliphatic rings. The number of pyridine rings is 1.